The van der Waals surface area contributed by atoms with E-state index in [1.165, 1.54) is 44.2 Å². The highest BCUT2D eigenvalue weighted by atomic mass is 15.2. The summed E-state index contributed by atoms with van der Waals surface area (Å²) in [5.41, 5.74) is 5.07. The van der Waals surface area contributed by atoms with Crippen LogP contribution in [0.15, 0.2) is 18.2 Å². The zero-order chi connectivity index (χ0) is 14.6. The van der Waals surface area contributed by atoms with Crippen molar-refractivity contribution in [3.8, 4) is 0 Å². The number of anilines is 1. The normalized spacial score (nSPS) is 38.5. The number of likely N-dealkylation sites (tertiary alicyclic amines) is 1. The van der Waals surface area contributed by atoms with Gasteiger partial charge < -0.3 is 10.2 Å². The number of benzene rings is 1. The fraction of sp³-hybridized carbons (Fsp3) is 0.684. The first-order chi connectivity index (χ1) is 10.2. The van der Waals surface area contributed by atoms with Crippen molar-refractivity contribution in [2.75, 3.05) is 19.4 Å². The fourth-order valence-corrected chi connectivity index (χ4v) is 5.69. The van der Waals surface area contributed by atoms with Crippen LogP contribution in [0, 0.1) is 5.92 Å². The van der Waals surface area contributed by atoms with Gasteiger partial charge in [0.15, 0.2) is 0 Å². The first-order valence-electron chi connectivity index (χ1n) is 8.69. The summed E-state index contributed by atoms with van der Waals surface area (Å²) in [6.07, 6.45) is 8.31. The summed E-state index contributed by atoms with van der Waals surface area (Å²) in [5.74, 6) is 0.846. The average Bonchev–Trinajstić information content (AvgIpc) is 2.52. The van der Waals surface area contributed by atoms with Crippen LogP contribution in [0.1, 0.15) is 50.2 Å². The van der Waals surface area contributed by atoms with Gasteiger partial charge in [-0.25, -0.2) is 0 Å². The fourth-order valence-electron chi connectivity index (χ4n) is 5.69. The zero-order valence-electron chi connectivity index (χ0n) is 13.7. The molecule has 2 fully saturated rings. The lowest BCUT2D eigenvalue weighted by Gasteiger charge is -2.60. The van der Waals surface area contributed by atoms with Gasteiger partial charge in [0.1, 0.15) is 0 Å². The Hall–Kier alpha value is -1.02. The van der Waals surface area contributed by atoms with Crippen LogP contribution in [0.5, 0.6) is 0 Å². The van der Waals surface area contributed by atoms with E-state index in [0.29, 0.717) is 5.41 Å². The molecule has 2 nitrogen and oxygen atoms in total. The summed E-state index contributed by atoms with van der Waals surface area (Å²) < 4.78 is 0. The Morgan fingerprint density at radius 3 is 2.95 bits per heavy atom. The van der Waals surface area contributed by atoms with Crippen molar-refractivity contribution in [2.24, 2.45) is 5.92 Å². The highest BCUT2D eigenvalue weighted by Crippen LogP contribution is 2.56. The molecule has 1 aromatic carbocycles. The standard InChI is InChI=1S/C19H28N2/c1-13-17-6-4-5-9-19(17)12-16(21(13)3)10-14-7-8-15(20-2)11-18(14)19/h7-8,11,13,16-17,20H,4-6,9-10,12H2,1-3H3/t13-,16?,17?,19-/m0/s1. The van der Waals surface area contributed by atoms with E-state index in [-0.39, 0.29) is 0 Å². The Balaban J connectivity index is 1.89. The van der Waals surface area contributed by atoms with Gasteiger partial charge in [-0.2, -0.15) is 0 Å². The Morgan fingerprint density at radius 2 is 2.14 bits per heavy atom. The van der Waals surface area contributed by atoms with Gasteiger partial charge in [-0.3, -0.25) is 0 Å². The van der Waals surface area contributed by atoms with Crippen molar-refractivity contribution >= 4 is 5.69 Å². The van der Waals surface area contributed by atoms with Crippen LogP contribution in [0.3, 0.4) is 0 Å². The lowest BCUT2D eigenvalue weighted by atomic mass is 9.52. The van der Waals surface area contributed by atoms with Crippen molar-refractivity contribution in [2.45, 2.75) is 62.9 Å². The lowest BCUT2D eigenvalue weighted by Crippen LogP contribution is -2.61. The van der Waals surface area contributed by atoms with Crippen LogP contribution in [0.25, 0.3) is 0 Å². The minimum Gasteiger partial charge on any atom is -0.388 e. The SMILES string of the molecule is CNc1ccc2c(c1)[C@]13CCCCC1[C@H](C)N(C)C(C2)C3. The molecule has 0 amide bonds. The van der Waals surface area contributed by atoms with Crippen LogP contribution in [-0.2, 0) is 11.8 Å². The van der Waals surface area contributed by atoms with E-state index in [1.807, 2.05) is 7.05 Å². The number of rotatable bonds is 1. The number of nitrogens with zero attached hydrogens (tertiary/aromatic N) is 1. The quantitative estimate of drug-likeness (QED) is 0.843. The molecule has 1 aliphatic heterocycles. The predicted molar refractivity (Wildman–Crippen MR) is 89.0 cm³/mol. The van der Waals surface area contributed by atoms with Gasteiger partial charge in [0, 0.05) is 30.2 Å². The second kappa shape index (κ2) is 4.74. The molecular formula is C19H28N2. The Kier molecular flexibility index (Phi) is 3.08. The molecule has 0 aromatic heterocycles. The monoisotopic (exact) mass is 284 g/mol. The van der Waals surface area contributed by atoms with Gasteiger partial charge in [0.25, 0.3) is 0 Å². The van der Waals surface area contributed by atoms with Crippen LogP contribution in [-0.4, -0.2) is 31.1 Å². The van der Waals surface area contributed by atoms with Gasteiger partial charge >= 0.3 is 0 Å². The molecule has 2 heteroatoms. The van der Waals surface area contributed by atoms with Crippen molar-refractivity contribution in [3.05, 3.63) is 29.3 Å². The maximum absolute atomic E-state index is 3.35. The molecule has 0 radical (unpaired) electrons. The third-order valence-corrected chi connectivity index (χ3v) is 6.89. The average molecular weight is 284 g/mol. The zero-order valence-corrected chi connectivity index (χ0v) is 13.7. The minimum atomic E-state index is 0.468. The smallest absolute Gasteiger partial charge is 0.0340 e. The Bertz CT molecular complexity index is 552. The topological polar surface area (TPSA) is 15.3 Å². The second-order valence-corrected chi connectivity index (χ2v) is 7.60. The Labute approximate surface area is 128 Å². The summed E-state index contributed by atoms with van der Waals surface area (Å²) >= 11 is 0. The molecule has 2 bridgehead atoms. The van der Waals surface area contributed by atoms with Gasteiger partial charge in [-0.1, -0.05) is 18.9 Å². The number of piperidine rings is 1. The molecular weight excluding hydrogens is 256 g/mol. The second-order valence-electron chi connectivity index (χ2n) is 7.60. The van der Waals surface area contributed by atoms with Gasteiger partial charge in [0.05, 0.1) is 0 Å². The number of hydrogen-bond acceptors (Lipinski definition) is 2. The number of nitrogens with one attached hydrogen (secondary N) is 1. The van der Waals surface area contributed by atoms with Gasteiger partial charge in [-0.15, -0.1) is 0 Å². The molecule has 3 aliphatic rings. The van der Waals surface area contributed by atoms with E-state index < -0.39 is 0 Å². The summed E-state index contributed by atoms with van der Waals surface area (Å²) in [4.78, 5) is 2.68. The molecule has 1 spiro atoms. The van der Waals surface area contributed by atoms with Crippen LogP contribution >= 0.6 is 0 Å². The molecule has 2 unspecified atom stereocenters. The highest BCUT2D eigenvalue weighted by Gasteiger charge is 2.54. The van der Waals surface area contributed by atoms with E-state index in [0.717, 1.165) is 18.0 Å². The van der Waals surface area contributed by atoms with E-state index in [4.69, 9.17) is 0 Å². The van der Waals surface area contributed by atoms with Crippen LogP contribution in [0.4, 0.5) is 5.69 Å². The first kappa shape index (κ1) is 13.6. The van der Waals surface area contributed by atoms with Gasteiger partial charge in [0.2, 0.25) is 0 Å². The Morgan fingerprint density at radius 1 is 1.29 bits per heavy atom. The molecule has 1 heterocycles. The van der Waals surface area contributed by atoms with Crippen molar-refractivity contribution < 1.29 is 0 Å². The van der Waals surface area contributed by atoms with E-state index in [1.54, 1.807) is 11.1 Å². The summed E-state index contributed by atoms with van der Waals surface area (Å²) in [7, 11) is 4.40. The first-order valence-corrected chi connectivity index (χ1v) is 8.69. The van der Waals surface area contributed by atoms with E-state index in [2.05, 4.69) is 42.4 Å². The molecule has 1 aromatic rings. The minimum absolute atomic E-state index is 0.468. The largest absolute Gasteiger partial charge is 0.388 e. The summed E-state index contributed by atoms with van der Waals surface area (Å²) in [6, 6.07) is 8.61. The van der Waals surface area contributed by atoms with E-state index >= 15 is 0 Å². The van der Waals surface area contributed by atoms with Crippen molar-refractivity contribution in [3.63, 3.8) is 0 Å². The molecule has 21 heavy (non-hydrogen) atoms. The van der Waals surface area contributed by atoms with Crippen LogP contribution < -0.4 is 5.32 Å². The van der Waals surface area contributed by atoms with E-state index in [9.17, 15) is 0 Å². The van der Waals surface area contributed by atoms with Gasteiger partial charge in [-0.05, 0) is 68.8 Å². The molecule has 2 aliphatic carbocycles. The third-order valence-electron chi connectivity index (χ3n) is 6.89. The predicted octanol–water partition coefficient (Wildman–Crippen LogP) is 3.81. The summed E-state index contributed by atoms with van der Waals surface area (Å²) in [6.45, 7) is 2.48. The third kappa shape index (κ3) is 1.81. The lowest BCUT2D eigenvalue weighted by molar-refractivity contribution is -0.0249. The van der Waals surface area contributed by atoms with Crippen molar-refractivity contribution in [1.29, 1.82) is 0 Å². The van der Waals surface area contributed by atoms with Crippen molar-refractivity contribution in [1.82, 2.24) is 4.90 Å². The number of hydrogen-bond donors (Lipinski definition) is 1. The number of likely N-dealkylation sites (N-methyl/N-ethyl adjacent to an activating group) is 1. The maximum Gasteiger partial charge on any atom is 0.0340 e. The molecule has 4 atom stereocenters. The molecule has 4 rings (SSSR count). The molecule has 1 saturated heterocycles. The molecule has 1 saturated carbocycles. The van der Waals surface area contributed by atoms with Crippen LogP contribution in [0.2, 0.25) is 0 Å². The summed E-state index contributed by atoms with van der Waals surface area (Å²) in [5, 5.41) is 3.35. The number of fused-ring (bicyclic) bond motifs is 2. The molecule has 1 N–H and O–H groups in total. The molecule has 114 valence electrons. The highest BCUT2D eigenvalue weighted by molar-refractivity contribution is 5.53. The maximum atomic E-state index is 3.35.